The molecule has 0 saturated carbocycles. The molecule has 0 amide bonds. The maximum atomic E-state index is 10.9. The van der Waals surface area contributed by atoms with Crippen molar-refractivity contribution >= 4 is 16.9 Å². The van der Waals surface area contributed by atoms with Crippen molar-refractivity contribution in [1.29, 1.82) is 5.26 Å². The van der Waals surface area contributed by atoms with Crippen molar-refractivity contribution in [2.45, 2.75) is 6.04 Å². The van der Waals surface area contributed by atoms with E-state index in [4.69, 9.17) is 9.84 Å². The van der Waals surface area contributed by atoms with E-state index in [9.17, 15) is 10.1 Å². The lowest BCUT2D eigenvalue weighted by atomic mass is 10.1. The van der Waals surface area contributed by atoms with Crippen LogP contribution < -0.4 is 4.74 Å². The number of fused-ring (bicyclic) bond motifs is 1. The van der Waals surface area contributed by atoms with E-state index >= 15 is 0 Å². The van der Waals surface area contributed by atoms with E-state index < -0.39 is 12.0 Å². The number of ether oxygens (including phenoxy) is 1. The fraction of sp³-hybridized carbons (Fsp3) is 0.333. The zero-order valence-electron chi connectivity index (χ0n) is 12.2. The zero-order valence-corrected chi connectivity index (χ0v) is 12.2. The van der Waals surface area contributed by atoms with Gasteiger partial charge in [-0.15, -0.1) is 0 Å². The lowest BCUT2D eigenvalue weighted by Gasteiger charge is -2.20. The lowest BCUT2D eigenvalue weighted by molar-refractivity contribution is -0.138. The molecule has 1 heterocycles. The van der Waals surface area contributed by atoms with Crippen LogP contribution in [0.2, 0.25) is 0 Å². The van der Waals surface area contributed by atoms with Crippen LogP contribution in [0.15, 0.2) is 24.4 Å². The number of aryl methyl sites for hydroxylation is 1. The van der Waals surface area contributed by atoms with Gasteiger partial charge in [0, 0.05) is 29.7 Å². The van der Waals surface area contributed by atoms with Gasteiger partial charge < -0.3 is 14.4 Å². The number of aliphatic carboxylic acids is 1. The average molecular weight is 287 g/mol. The minimum absolute atomic E-state index is 0.196. The standard InChI is InChI=1S/C15H17N3O3/c1-17-8-12(14(7-16)18(2)9-15(19)20)11-6-10(21-3)4-5-13(11)17/h4-6,8,14H,9H2,1-3H3,(H,19,20). The first kappa shape index (κ1) is 14.9. The monoisotopic (exact) mass is 287 g/mol. The van der Waals surface area contributed by atoms with Gasteiger partial charge in [0.15, 0.2) is 0 Å². The number of benzene rings is 1. The summed E-state index contributed by atoms with van der Waals surface area (Å²) in [5, 5.41) is 19.2. The van der Waals surface area contributed by atoms with E-state index in [1.165, 1.54) is 4.90 Å². The molecule has 21 heavy (non-hydrogen) atoms. The molecular weight excluding hydrogens is 270 g/mol. The Labute approximate surface area is 122 Å². The number of aromatic nitrogens is 1. The van der Waals surface area contributed by atoms with Gasteiger partial charge >= 0.3 is 5.97 Å². The molecule has 6 nitrogen and oxygen atoms in total. The predicted molar refractivity (Wildman–Crippen MR) is 78.1 cm³/mol. The van der Waals surface area contributed by atoms with Crippen LogP contribution in [0.25, 0.3) is 10.9 Å². The highest BCUT2D eigenvalue weighted by Gasteiger charge is 2.22. The molecule has 1 N–H and O–H groups in total. The molecule has 6 heteroatoms. The fourth-order valence-corrected chi connectivity index (χ4v) is 2.46. The first-order chi connectivity index (χ1) is 9.97. The third-order valence-corrected chi connectivity index (χ3v) is 3.47. The summed E-state index contributed by atoms with van der Waals surface area (Å²) in [6, 6.07) is 7.19. The van der Waals surface area contributed by atoms with E-state index in [-0.39, 0.29) is 6.54 Å². The normalized spacial score (nSPS) is 12.3. The van der Waals surface area contributed by atoms with Gasteiger partial charge in [-0.1, -0.05) is 0 Å². The molecule has 2 aromatic rings. The van der Waals surface area contributed by atoms with Crippen LogP contribution in [-0.2, 0) is 11.8 Å². The van der Waals surface area contributed by atoms with Gasteiger partial charge in [0.1, 0.15) is 11.8 Å². The van der Waals surface area contributed by atoms with Crippen LogP contribution in [0.5, 0.6) is 5.75 Å². The smallest absolute Gasteiger partial charge is 0.317 e. The minimum Gasteiger partial charge on any atom is -0.497 e. The molecule has 1 aromatic heterocycles. The molecule has 0 aliphatic heterocycles. The summed E-state index contributed by atoms with van der Waals surface area (Å²) in [4.78, 5) is 12.4. The SMILES string of the molecule is COc1ccc2c(c1)c(C(C#N)N(C)CC(=O)O)cn2C. The fourth-order valence-electron chi connectivity index (χ4n) is 2.46. The van der Waals surface area contributed by atoms with Crippen molar-refractivity contribution in [1.82, 2.24) is 9.47 Å². The molecular formula is C15H17N3O3. The van der Waals surface area contributed by atoms with Crippen LogP contribution in [-0.4, -0.2) is 41.2 Å². The Morgan fingerprint density at radius 2 is 2.29 bits per heavy atom. The summed E-state index contributed by atoms with van der Waals surface area (Å²) < 4.78 is 7.14. The van der Waals surface area contributed by atoms with Crippen molar-refractivity contribution < 1.29 is 14.6 Å². The number of nitriles is 1. The van der Waals surface area contributed by atoms with Crippen molar-refractivity contribution in [3.05, 3.63) is 30.0 Å². The molecule has 0 spiro atoms. The average Bonchev–Trinajstić information content (AvgIpc) is 2.75. The number of carboxylic acid groups (broad SMARTS) is 1. The third kappa shape index (κ3) is 2.83. The highest BCUT2D eigenvalue weighted by molar-refractivity contribution is 5.86. The molecule has 1 unspecified atom stereocenters. The second-order valence-corrected chi connectivity index (χ2v) is 4.92. The number of nitrogens with zero attached hydrogens (tertiary/aromatic N) is 3. The van der Waals surface area contributed by atoms with Gasteiger partial charge in [-0.25, -0.2) is 0 Å². The Morgan fingerprint density at radius 1 is 1.57 bits per heavy atom. The predicted octanol–water partition coefficient (Wildman–Crippen LogP) is 1.77. The Balaban J connectivity index is 2.53. The Bertz CT molecular complexity index is 715. The van der Waals surface area contributed by atoms with E-state index in [1.807, 2.05) is 36.0 Å². The maximum absolute atomic E-state index is 10.9. The van der Waals surface area contributed by atoms with Gasteiger partial charge in [0.2, 0.25) is 0 Å². The maximum Gasteiger partial charge on any atom is 0.317 e. The second kappa shape index (κ2) is 5.85. The van der Waals surface area contributed by atoms with Crippen LogP contribution >= 0.6 is 0 Å². The summed E-state index contributed by atoms with van der Waals surface area (Å²) in [5.41, 5.74) is 1.74. The molecule has 110 valence electrons. The zero-order chi connectivity index (χ0) is 15.6. The van der Waals surface area contributed by atoms with Gasteiger partial charge in [0.05, 0.1) is 19.7 Å². The van der Waals surface area contributed by atoms with Crippen molar-refractivity contribution in [2.24, 2.45) is 7.05 Å². The van der Waals surface area contributed by atoms with Crippen molar-refractivity contribution in [2.75, 3.05) is 20.7 Å². The lowest BCUT2D eigenvalue weighted by Crippen LogP contribution is -2.29. The second-order valence-electron chi connectivity index (χ2n) is 4.92. The summed E-state index contributed by atoms with van der Waals surface area (Å²) >= 11 is 0. The van der Waals surface area contributed by atoms with Crippen LogP contribution in [0.4, 0.5) is 0 Å². The molecule has 0 aliphatic rings. The molecule has 0 aliphatic carbocycles. The van der Waals surface area contributed by atoms with Gasteiger partial charge in [-0.3, -0.25) is 9.69 Å². The number of carboxylic acids is 1. The van der Waals surface area contributed by atoms with Crippen LogP contribution in [0, 0.1) is 11.3 Å². The van der Waals surface area contributed by atoms with E-state index in [2.05, 4.69) is 6.07 Å². The quantitative estimate of drug-likeness (QED) is 0.906. The number of methoxy groups -OCH3 is 1. The molecule has 1 aromatic carbocycles. The van der Waals surface area contributed by atoms with Crippen molar-refractivity contribution in [3.63, 3.8) is 0 Å². The number of rotatable bonds is 5. The van der Waals surface area contributed by atoms with E-state index in [1.54, 1.807) is 14.2 Å². The summed E-state index contributed by atoms with van der Waals surface area (Å²) in [6.45, 7) is -0.196. The Kier molecular flexibility index (Phi) is 4.15. The molecule has 0 bridgehead atoms. The Hall–Kier alpha value is -2.52. The minimum atomic E-state index is -0.962. The first-order valence-corrected chi connectivity index (χ1v) is 6.42. The summed E-state index contributed by atoms with van der Waals surface area (Å²) in [6.07, 6.45) is 1.86. The van der Waals surface area contributed by atoms with Gasteiger partial charge in [-0.2, -0.15) is 5.26 Å². The largest absolute Gasteiger partial charge is 0.497 e. The number of carbonyl (C=O) groups is 1. The number of likely N-dealkylation sites (N-methyl/N-ethyl adjacent to an activating group) is 1. The van der Waals surface area contributed by atoms with Crippen LogP contribution in [0.1, 0.15) is 11.6 Å². The van der Waals surface area contributed by atoms with Crippen molar-refractivity contribution in [3.8, 4) is 11.8 Å². The van der Waals surface area contributed by atoms with E-state index in [0.717, 1.165) is 16.5 Å². The van der Waals surface area contributed by atoms with Gasteiger partial charge in [0.25, 0.3) is 0 Å². The molecule has 2 rings (SSSR count). The molecule has 0 saturated heterocycles. The highest BCUT2D eigenvalue weighted by Crippen LogP contribution is 2.31. The van der Waals surface area contributed by atoms with Gasteiger partial charge in [-0.05, 0) is 25.2 Å². The molecule has 0 radical (unpaired) electrons. The highest BCUT2D eigenvalue weighted by atomic mass is 16.5. The third-order valence-electron chi connectivity index (χ3n) is 3.47. The summed E-state index contributed by atoms with van der Waals surface area (Å²) in [5.74, 6) is -0.261. The van der Waals surface area contributed by atoms with Crippen LogP contribution in [0.3, 0.4) is 0 Å². The first-order valence-electron chi connectivity index (χ1n) is 6.42. The molecule has 0 fully saturated rings. The topological polar surface area (TPSA) is 78.5 Å². The Morgan fingerprint density at radius 3 is 2.86 bits per heavy atom. The van der Waals surface area contributed by atoms with E-state index in [0.29, 0.717) is 5.75 Å². The number of hydrogen-bond acceptors (Lipinski definition) is 4. The summed E-state index contributed by atoms with van der Waals surface area (Å²) in [7, 11) is 5.10. The molecule has 1 atom stereocenters. The number of hydrogen-bond donors (Lipinski definition) is 1.